The molecule has 1 unspecified atom stereocenters. The lowest BCUT2D eigenvalue weighted by molar-refractivity contribution is 0.198. The molecular formula is C16H28N2O. The van der Waals surface area contributed by atoms with Crippen LogP contribution in [0.5, 0.6) is 5.88 Å². The van der Waals surface area contributed by atoms with Crippen LogP contribution in [0, 0.1) is 0 Å². The number of hydrogen-bond donors (Lipinski definition) is 1. The Hall–Kier alpha value is -1.25. The SMILES string of the molecule is CCCCCCC(C)Oc1cccc(NCCC)n1. The van der Waals surface area contributed by atoms with Crippen molar-refractivity contribution in [2.75, 3.05) is 11.9 Å². The first kappa shape index (κ1) is 15.8. The minimum absolute atomic E-state index is 0.241. The number of ether oxygens (including phenoxy) is 1. The smallest absolute Gasteiger partial charge is 0.215 e. The third-order valence-corrected chi connectivity index (χ3v) is 3.07. The number of nitrogens with one attached hydrogen (secondary N) is 1. The van der Waals surface area contributed by atoms with Gasteiger partial charge < -0.3 is 10.1 Å². The fraction of sp³-hybridized carbons (Fsp3) is 0.688. The van der Waals surface area contributed by atoms with Gasteiger partial charge in [-0.1, -0.05) is 39.2 Å². The number of unbranched alkanes of at least 4 members (excludes halogenated alkanes) is 3. The molecule has 0 radical (unpaired) electrons. The van der Waals surface area contributed by atoms with E-state index in [4.69, 9.17) is 4.74 Å². The first-order valence-corrected chi connectivity index (χ1v) is 7.63. The van der Waals surface area contributed by atoms with Gasteiger partial charge in [0.2, 0.25) is 5.88 Å². The molecule has 0 aromatic carbocycles. The van der Waals surface area contributed by atoms with Gasteiger partial charge in [-0.05, 0) is 32.3 Å². The molecule has 108 valence electrons. The zero-order valence-corrected chi connectivity index (χ0v) is 12.6. The summed E-state index contributed by atoms with van der Waals surface area (Å²) in [5.41, 5.74) is 0. The highest BCUT2D eigenvalue weighted by Gasteiger charge is 2.05. The van der Waals surface area contributed by atoms with Crippen molar-refractivity contribution in [3.63, 3.8) is 0 Å². The van der Waals surface area contributed by atoms with E-state index in [9.17, 15) is 0 Å². The Morgan fingerprint density at radius 1 is 1.16 bits per heavy atom. The predicted octanol–water partition coefficient (Wildman–Crippen LogP) is 4.64. The average Bonchev–Trinajstić information content (AvgIpc) is 2.42. The molecule has 0 fully saturated rings. The predicted molar refractivity (Wildman–Crippen MR) is 81.9 cm³/mol. The lowest BCUT2D eigenvalue weighted by atomic mass is 10.1. The van der Waals surface area contributed by atoms with Crippen LogP contribution in [0.15, 0.2) is 18.2 Å². The molecule has 1 atom stereocenters. The van der Waals surface area contributed by atoms with Crippen LogP contribution >= 0.6 is 0 Å². The Labute approximate surface area is 117 Å². The lowest BCUT2D eigenvalue weighted by Crippen LogP contribution is -2.13. The summed E-state index contributed by atoms with van der Waals surface area (Å²) in [7, 11) is 0. The maximum absolute atomic E-state index is 5.86. The van der Waals surface area contributed by atoms with Gasteiger partial charge in [0, 0.05) is 12.6 Å². The Bertz CT molecular complexity index is 341. The van der Waals surface area contributed by atoms with Crippen LogP contribution in [0.25, 0.3) is 0 Å². The summed E-state index contributed by atoms with van der Waals surface area (Å²) in [6, 6.07) is 5.90. The summed E-state index contributed by atoms with van der Waals surface area (Å²) in [6.07, 6.45) is 7.59. The molecule has 1 heterocycles. The molecule has 1 aromatic heterocycles. The largest absolute Gasteiger partial charge is 0.475 e. The Morgan fingerprint density at radius 2 is 2.00 bits per heavy atom. The van der Waals surface area contributed by atoms with Gasteiger partial charge in [0.05, 0.1) is 6.10 Å². The van der Waals surface area contributed by atoms with E-state index in [0.29, 0.717) is 0 Å². The maximum Gasteiger partial charge on any atom is 0.215 e. The molecule has 0 aliphatic carbocycles. The minimum atomic E-state index is 0.241. The van der Waals surface area contributed by atoms with Crippen molar-refractivity contribution in [3.05, 3.63) is 18.2 Å². The number of aromatic nitrogens is 1. The Morgan fingerprint density at radius 3 is 2.74 bits per heavy atom. The van der Waals surface area contributed by atoms with Gasteiger partial charge in [0.25, 0.3) is 0 Å². The third-order valence-electron chi connectivity index (χ3n) is 3.07. The number of nitrogens with zero attached hydrogens (tertiary/aromatic N) is 1. The zero-order valence-electron chi connectivity index (χ0n) is 12.6. The minimum Gasteiger partial charge on any atom is -0.475 e. The van der Waals surface area contributed by atoms with Crippen LogP contribution in [0.4, 0.5) is 5.82 Å². The zero-order chi connectivity index (χ0) is 13.9. The summed E-state index contributed by atoms with van der Waals surface area (Å²) >= 11 is 0. The van der Waals surface area contributed by atoms with Crippen molar-refractivity contribution in [3.8, 4) is 5.88 Å². The molecule has 0 bridgehead atoms. The van der Waals surface area contributed by atoms with Crippen LogP contribution in [0.2, 0.25) is 0 Å². The quantitative estimate of drug-likeness (QED) is 0.625. The average molecular weight is 264 g/mol. The molecular weight excluding hydrogens is 236 g/mol. The van der Waals surface area contributed by atoms with Crippen molar-refractivity contribution >= 4 is 5.82 Å². The van der Waals surface area contributed by atoms with Crippen molar-refractivity contribution in [2.24, 2.45) is 0 Å². The van der Waals surface area contributed by atoms with Crippen molar-refractivity contribution in [1.29, 1.82) is 0 Å². The van der Waals surface area contributed by atoms with E-state index in [-0.39, 0.29) is 6.10 Å². The van der Waals surface area contributed by atoms with Gasteiger partial charge in [0.1, 0.15) is 5.82 Å². The van der Waals surface area contributed by atoms with Crippen molar-refractivity contribution in [2.45, 2.75) is 65.4 Å². The van der Waals surface area contributed by atoms with E-state index in [0.717, 1.165) is 31.1 Å². The molecule has 1 rings (SSSR count). The maximum atomic E-state index is 5.86. The topological polar surface area (TPSA) is 34.1 Å². The van der Waals surface area contributed by atoms with Gasteiger partial charge in [-0.3, -0.25) is 0 Å². The van der Waals surface area contributed by atoms with Gasteiger partial charge in [-0.2, -0.15) is 4.98 Å². The van der Waals surface area contributed by atoms with Gasteiger partial charge in [-0.25, -0.2) is 0 Å². The highest BCUT2D eigenvalue weighted by molar-refractivity contribution is 5.36. The van der Waals surface area contributed by atoms with Crippen LogP contribution in [0.1, 0.15) is 59.3 Å². The Balaban J connectivity index is 2.34. The fourth-order valence-electron chi connectivity index (χ4n) is 1.96. The molecule has 0 saturated carbocycles. The van der Waals surface area contributed by atoms with E-state index in [1.54, 1.807) is 0 Å². The summed E-state index contributed by atoms with van der Waals surface area (Å²) in [6.45, 7) is 7.45. The highest BCUT2D eigenvalue weighted by atomic mass is 16.5. The molecule has 0 saturated heterocycles. The van der Waals surface area contributed by atoms with E-state index in [2.05, 4.69) is 31.1 Å². The third kappa shape index (κ3) is 7.04. The Kier molecular flexibility index (Phi) is 8.03. The number of hydrogen-bond acceptors (Lipinski definition) is 3. The lowest BCUT2D eigenvalue weighted by Gasteiger charge is -2.14. The van der Waals surface area contributed by atoms with Crippen molar-refractivity contribution < 1.29 is 4.74 Å². The molecule has 19 heavy (non-hydrogen) atoms. The second kappa shape index (κ2) is 9.65. The number of rotatable bonds is 10. The standard InChI is InChI=1S/C16H28N2O/c1-4-6-7-8-10-14(3)19-16-12-9-11-15(18-16)17-13-5-2/h9,11-12,14H,4-8,10,13H2,1-3H3,(H,17,18). The van der Waals surface area contributed by atoms with Gasteiger partial charge in [-0.15, -0.1) is 0 Å². The first-order chi connectivity index (χ1) is 9.26. The van der Waals surface area contributed by atoms with Crippen LogP contribution < -0.4 is 10.1 Å². The van der Waals surface area contributed by atoms with E-state index in [1.807, 2.05) is 18.2 Å². The van der Waals surface area contributed by atoms with Crippen molar-refractivity contribution in [1.82, 2.24) is 4.98 Å². The molecule has 0 spiro atoms. The second-order valence-electron chi connectivity index (χ2n) is 5.07. The molecule has 3 nitrogen and oxygen atoms in total. The molecule has 3 heteroatoms. The number of pyridine rings is 1. The molecule has 0 aliphatic rings. The molecule has 1 aromatic rings. The van der Waals surface area contributed by atoms with Gasteiger partial charge in [0.15, 0.2) is 0 Å². The van der Waals surface area contributed by atoms with E-state index in [1.165, 1.54) is 25.7 Å². The fourth-order valence-corrected chi connectivity index (χ4v) is 1.96. The molecule has 0 aliphatic heterocycles. The summed E-state index contributed by atoms with van der Waals surface area (Å²) in [4.78, 5) is 4.46. The summed E-state index contributed by atoms with van der Waals surface area (Å²) < 4.78 is 5.86. The van der Waals surface area contributed by atoms with E-state index >= 15 is 0 Å². The normalized spacial score (nSPS) is 12.2. The summed E-state index contributed by atoms with van der Waals surface area (Å²) in [5, 5.41) is 3.28. The van der Waals surface area contributed by atoms with Crippen LogP contribution in [0.3, 0.4) is 0 Å². The van der Waals surface area contributed by atoms with E-state index < -0.39 is 0 Å². The second-order valence-corrected chi connectivity index (χ2v) is 5.07. The monoisotopic (exact) mass is 264 g/mol. The van der Waals surface area contributed by atoms with Crippen LogP contribution in [-0.2, 0) is 0 Å². The first-order valence-electron chi connectivity index (χ1n) is 7.63. The summed E-state index contributed by atoms with van der Waals surface area (Å²) in [5.74, 6) is 1.63. The number of anilines is 1. The highest BCUT2D eigenvalue weighted by Crippen LogP contribution is 2.15. The van der Waals surface area contributed by atoms with Gasteiger partial charge >= 0.3 is 0 Å². The van der Waals surface area contributed by atoms with Crippen LogP contribution in [-0.4, -0.2) is 17.6 Å². The molecule has 0 amide bonds. The molecule has 1 N–H and O–H groups in total.